The van der Waals surface area contributed by atoms with Gasteiger partial charge in [0.15, 0.2) is 0 Å². The Morgan fingerprint density at radius 3 is 1.43 bits per heavy atom. The zero-order valence-electron chi connectivity index (χ0n) is 3.33. The average Bonchev–Trinajstić information content (AvgIpc) is 0.722. The molecule has 0 aliphatic heterocycles. The van der Waals surface area contributed by atoms with E-state index in [1.807, 2.05) is 0 Å². The molecule has 0 spiro atoms. The summed E-state index contributed by atoms with van der Waals surface area (Å²) < 4.78 is 8.66. The van der Waals surface area contributed by atoms with Crippen LogP contribution in [0.5, 0.6) is 0 Å². The molecule has 1 unspecified atom stereocenters. The molecule has 0 aliphatic carbocycles. The van der Waals surface area contributed by atoms with E-state index in [4.69, 9.17) is 19.2 Å². The van der Waals surface area contributed by atoms with Crippen molar-refractivity contribution in [1.82, 2.24) is 0 Å². The molecule has 7 heteroatoms. The number of phosphoric acid groups is 1. The zero-order chi connectivity index (χ0) is 4.50. The second-order valence-electron chi connectivity index (χ2n) is 0.469. The summed E-state index contributed by atoms with van der Waals surface area (Å²) in [6.45, 7) is 0. The molecule has 1 N–H and O–H groups in total. The molecular formula is H4O4P2Pb. The van der Waals surface area contributed by atoms with Crippen LogP contribution in [0.25, 0.3) is 0 Å². The van der Waals surface area contributed by atoms with Crippen molar-refractivity contribution in [2.75, 3.05) is 0 Å². The van der Waals surface area contributed by atoms with Gasteiger partial charge in [0.1, 0.15) is 0 Å². The molecule has 0 bridgehead atoms. The molecule has 4 nitrogen and oxygen atoms in total. The maximum atomic E-state index is 8.66. The molecule has 2 radical (unpaired) electrons. The van der Waals surface area contributed by atoms with Crippen molar-refractivity contribution < 1.29 is 19.2 Å². The Labute approximate surface area is 64.3 Å². The van der Waals surface area contributed by atoms with Crippen molar-refractivity contribution in [3.05, 3.63) is 0 Å². The standard InChI is InChI=1S/H3O4P.H3P.Pb/c1-5(2,3)4;;/h(H3,1,2,3,4);1H3;/q;;+2/p-2. The van der Waals surface area contributed by atoms with E-state index in [-0.39, 0.29) is 37.2 Å². The van der Waals surface area contributed by atoms with Crippen LogP contribution in [0.4, 0.5) is 0 Å². The minimum atomic E-state index is -5.14. The Morgan fingerprint density at radius 1 is 1.43 bits per heavy atom. The molecular weight excluding hydrogens is 333 g/mol. The summed E-state index contributed by atoms with van der Waals surface area (Å²) in [5.74, 6) is 0. The van der Waals surface area contributed by atoms with Gasteiger partial charge in [-0.15, -0.1) is 0 Å². The van der Waals surface area contributed by atoms with Crippen molar-refractivity contribution in [2.24, 2.45) is 0 Å². The fraction of sp³-hybridized carbons (Fsp3) is 0. The van der Waals surface area contributed by atoms with E-state index in [0.717, 1.165) is 0 Å². The molecule has 0 heterocycles. The van der Waals surface area contributed by atoms with Gasteiger partial charge in [0.25, 0.3) is 0 Å². The van der Waals surface area contributed by atoms with Gasteiger partial charge in [-0.05, 0) is 0 Å². The molecule has 0 saturated carbocycles. The van der Waals surface area contributed by atoms with Crippen LogP contribution in [0.3, 0.4) is 0 Å². The minimum Gasteiger partial charge on any atom is -0.790 e. The van der Waals surface area contributed by atoms with Crippen LogP contribution in [0.2, 0.25) is 0 Å². The van der Waals surface area contributed by atoms with E-state index in [9.17, 15) is 0 Å². The Hall–Kier alpha value is 1.46. The van der Waals surface area contributed by atoms with Gasteiger partial charge in [0, 0.05) is 0 Å². The summed E-state index contributed by atoms with van der Waals surface area (Å²) in [5, 5.41) is 0. The summed E-state index contributed by atoms with van der Waals surface area (Å²) in [7, 11) is -5.14. The molecule has 0 amide bonds. The van der Waals surface area contributed by atoms with Crippen LogP contribution < -0.4 is 9.79 Å². The molecule has 42 valence electrons. The van der Waals surface area contributed by atoms with Gasteiger partial charge in [-0.25, -0.2) is 0 Å². The van der Waals surface area contributed by atoms with E-state index < -0.39 is 7.82 Å². The molecule has 7 heavy (non-hydrogen) atoms. The van der Waals surface area contributed by atoms with Gasteiger partial charge in [0.2, 0.25) is 0 Å². The topological polar surface area (TPSA) is 83.4 Å². The summed E-state index contributed by atoms with van der Waals surface area (Å²) in [5.41, 5.74) is 0. The Bertz CT molecular complexity index is 55.8. The normalized spacial score (nSPS) is 8.43. The van der Waals surface area contributed by atoms with E-state index in [1.54, 1.807) is 0 Å². The first-order valence-electron chi connectivity index (χ1n) is 0.748. The number of hydrogen-bond donors (Lipinski definition) is 1. The SMILES string of the molecule is O=P([O-])([O-])O.P.[Pb+2]. The van der Waals surface area contributed by atoms with Gasteiger partial charge in [0.05, 0.1) is 7.82 Å². The second kappa shape index (κ2) is 5.60. The molecule has 0 aromatic rings. The summed E-state index contributed by atoms with van der Waals surface area (Å²) in [6.07, 6.45) is 0. The third-order valence-electron chi connectivity index (χ3n) is 0. The first-order chi connectivity index (χ1) is 2.00. The molecule has 0 aliphatic rings. The van der Waals surface area contributed by atoms with E-state index >= 15 is 0 Å². The molecule has 1 atom stereocenters. The maximum absolute atomic E-state index is 8.66. The Balaban J connectivity index is -0.0000000800. The van der Waals surface area contributed by atoms with Crippen molar-refractivity contribution in [3.63, 3.8) is 0 Å². The molecule has 0 rings (SSSR count). The number of hydrogen-bond acceptors (Lipinski definition) is 3. The monoisotopic (exact) mass is 338 g/mol. The van der Waals surface area contributed by atoms with Crippen molar-refractivity contribution >= 4 is 45.0 Å². The smallest absolute Gasteiger partial charge is 0.790 e. The fourth-order valence-electron chi connectivity index (χ4n) is 0. The summed E-state index contributed by atoms with van der Waals surface area (Å²) in [6, 6.07) is 0. The largest absolute Gasteiger partial charge is 2.00 e. The van der Waals surface area contributed by atoms with Gasteiger partial charge in [-0.1, -0.05) is 0 Å². The van der Waals surface area contributed by atoms with Crippen molar-refractivity contribution in [2.45, 2.75) is 0 Å². The van der Waals surface area contributed by atoms with Gasteiger partial charge >= 0.3 is 27.3 Å². The van der Waals surface area contributed by atoms with Gasteiger partial charge in [-0.3, -0.25) is 0 Å². The van der Waals surface area contributed by atoms with Gasteiger partial charge in [-0.2, -0.15) is 9.90 Å². The fourth-order valence-corrected chi connectivity index (χ4v) is 0. The third-order valence-corrected chi connectivity index (χ3v) is 0. The van der Waals surface area contributed by atoms with Crippen LogP contribution in [0, 0.1) is 0 Å². The maximum Gasteiger partial charge on any atom is 2.00 e. The van der Waals surface area contributed by atoms with Crippen LogP contribution in [0.15, 0.2) is 0 Å². The molecule has 0 aromatic carbocycles. The first kappa shape index (κ1) is 15.8. The zero-order valence-corrected chi connectivity index (χ0v) is 9.52. The van der Waals surface area contributed by atoms with E-state index in [0.29, 0.717) is 0 Å². The van der Waals surface area contributed by atoms with Crippen molar-refractivity contribution in [1.29, 1.82) is 0 Å². The third kappa shape index (κ3) is 104. The first-order valence-corrected chi connectivity index (χ1v) is 2.24. The predicted octanol–water partition coefficient (Wildman–Crippen LogP) is -2.52. The van der Waals surface area contributed by atoms with Crippen LogP contribution >= 0.6 is 17.7 Å². The van der Waals surface area contributed by atoms with Crippen molar-refractivity contribution in [3.8, 4) is 0 Å². The van der Waals surface area contributed by atoms with E-state index in [1.165, 1.54) is 0 Å². The van der Waals surface area contributed by atoms with E-state index in [2.05, 4.69) is 0 Å². The predicted molar refractivity (Wildman–Crippen MR) is 26.7 cm³/mol. The summed E-state index contributed by atoms with van der Waals surface area (Å²) in [4.78, 5) is 24.3. The van der Waals surface area contributed by atoms with Crippen LogP contribution in [-0.4, -0.2) is 32.2 Å². The molecule has 0 saturated heterocycles. The molecule has 0 aromatic heterocycles. The van der Waals surface area contributed by atoms with Crippen LogP contribution in [-0.2, 0) is 4.57 Å². The minimum absolute atomic E-state index is 0. The quantitative estimate of drug-likeness (QED) is 0.391. The van der Waals surface area contributed by atoms with Crippen LogP contribution in [0.1, 0.15) is 0 Å². The summed E-state index contributed by atoms with van der Waals surface area (Å²) >= 11 is 0. The Kier molecular flexibility index (Phi) is 12.6. The number of rotatable bonds is 0. The Morgan fingerprint density at radius 2 is 1.43 bits per heavy atom. The average molecular weight is 337 g/mol. The molecule has 0 fully saturated rings. The van der Waals surface area contributed by atoms with Gasteiger partial charge < -0.3 is 19.2 Å². The second-order valence-corrected chi connectivity index (χ2v) is 1.41.